The minimum atomic E-state index is -3.70. The Hall–Kier alpha value is -2.42. The van der Waals surface area contributed by atoms with Crippen molar-refractivity contribution in [2.45, 2.75) is 11.8 Å². The SMILES string of the molecule is Cc1cc(NS(=O)(=O)c2ccc(N=NN(C)C)cc2)no1. The summed E-state index contributed by atoms with van der Waals surface area (Å²) in [5.41, 5.74) is 0.555. The van der Waals surface area contributed by atoms with Gasteiger partial charge in [0.05, 0.1) is 10.6 Å². The van der Waals surface area contributed by atoms with Crippen molar-refractivity contribution in [1.82, 2.24) is 10.2 Å². The topological polar surface area (TPSA) is 100 Å². The molecule has 0 radical (unpaired) electrons. The second kappa shape index (κ2) is 5.92. The Kier molecular flexibility index (Phi) is 4.22. The van der Waals surface area contributed by atoms with Crippen molar-refractivity contribution in [3.8, 4) is 0 Å². The number of benzene rings is 1. The van der Waals surface area contributed by atoms with Gasteiger partial charge in [0.15, 0.2) is 5.82 Å². The minimum absolute atomic E-state index is 0.104. The Morgan fingerprint density at radius 3 is 2.43 bits per heavy atom. The van der Waals surface area contributed by atoms with E-state index in [9.17, 15) is 8.42 Å². The predicted octanol–water partition coefficient (Wildman–Crippen LogP) is 2.34. The quantitative estimate of drug-likeness (QED) is 0.675. The molecule has 0 aliphatic heterocycles. The molecular weight excluding hydrogens is 294 g/mol. The summed E-state index contributed by atoms with van der Waals surface area (Å²) in [6.45, 7) is 1.68. The van der Waals surface area contributed by atoms with Crippen molar-refractivity contribution in [2.24, 2.45) is 10.3 Å². The molecule has 1 aromatic heterocycles. The molecule has 1 aromatic carbocycles. The lowest BCUT2D eigenvalue weighted by Crippen LogP contribution is -2.12. The second-order valence-corrected chi connectivity index (χ2v) is 6.14. The van der Waals surface area contributed by atoms with Gasteiger partial charge in [0.2, 0.25) is 0 Å². The summed E-state index contributed by atoms with van der Waals surface area (Å²) >= 11 is 0. The molecule has 1 heterocycles. The summed E-state index contributed by atoms with van der Waals surface area (Å²) in [7, 11) is -0.219. The molecule has 0 spiro atoms. The first kappa shape index (κ1) is 15.0. The molecule has 1 N–H and O–H groups in total. The van der Waals surface area contributed by atoms with Gasteiger partial charge in [-0.05, 0) is 31.2 Å². The smallest absolute Gasteiger partial charge is 0.263 e. The van der Waals surface area contributed by atoms with Crippen LogP contribution in [0.2, 0.25) is 0 Å². The Bertz CT molecular complexity index is 735. The van der Waals surface area contributed by atoms with Crippen LogP contribution in [0.4, 0.5) is 11.5 Å². The largest absolute Gasteiger partial charge is 0.360 e. The lowest BCUT2D eigenvalue weighted by Gasteiger charge is -2.05. The third kappa shape index (κ3) is 4.02. The molecule has 0 saturated carbocycles. The van der Waals surface area contributed by atoms with Crippen LogP contribution in [0.25, 0.3) is 0 Å². The van der Waals surface area contributed by atoms with Crippen molar-refractivity contribution in [3.05, 3.63) is 36.1 Å². The van der Waals surface area contributed by atoms with Gasteiger partial charge in [-0.15, -0.1) is 5.11 Å². The average Bonchev–Trinajstić information content (AvgIpc) is 2.81. The van der Waals surface area contributed by atoms with Crippen LogP contribution < -0.4 is 4.72 Å². The zero-order chi connectivity index (χ0) is 15.5. The van der Waals surface area contributed by atoms with E-state index in [1.54, 1.807) is 38.2 Å². The number of nitrogens with zero attached hydrogens (tertiary/aromatic N) is 4. The fraction of sp³-hybridized carbons (Fsp3) is 0.250. The fourth-order valence-corrected chi connectivity index (χ4v) is 2.43. The predicted molar refractivity (Wildman–Crippen MR) is 76.7 cm³/mol. The molecule has 0 saturated heterocycles. The number of hydrogen-bond acceptors (Lipinski definition) is 6. The molecule has 8 nitrogen and oxygen atoms in total. The Balaban J connectivity index is 2.17. The first-order chi connectivity index (χ1) is 9.87. The van der Waals surface area contributed by atoms with Crippen LogP contribution in [-0.4, -0.2) is 32.7 Å². The van der Waals surface area contributed by atoms with Gasteiger partial charge < -0.3 is 4.52 Å². The first-order valence-corrected chi connectivity index (χ1v) is 7.50. The van der Waals surface area contributed by atoms with Gasteiger partial charge in [0.25, 0.3) is 10.0 Å². The van der Waals surface area contributed by atoms with E-state index in [1.807, 2.05) is 0 Å². The molecule has 0 bridgehead atoms. The van der Waals surface area contributed by atoms with E-state index in [0.717, 1.165) is 0 Å². The number of aryl methyl sites for hydroxylation is 1. The summed E-state index contributed by atoms with van der Waals surface area (Å²) in [4.78, 5) is 0.104. The van der Waals surface area contributed by atoms with E-state index in [-0.39, 0.29) is 10.7 Å². The monoisotopic (exact) mass is 309 g/mol. The van der Waals surface area contributed by atoms with Gasteiger partial charge in [-0.2, -0.15) is 0 Å². The number of hydrogen-bond donors (Lipinski definition) is 1. The Labute approximate surface area is 122 Å². The van der Waals surface area contributed by atoms with Crippen LogP contribution in [0.3, 0.4) is 0 Å². The number of sulfonamides is 1. The summed E-state index contributed by atoms with van der Waals surface area (Å²) < 4.78 is 31.4. The van der Waals surface area contributed by atoms with Crippen molar-refractivity contribution in [1.29, 1.82) is 0 Å². The van der Waals surface area contributed by atoms with Gasteiger partial charge in [0.1, 0.15) is 5.76 Å². The van der Waals surface area contributed by atoms with Gasteiger partial charge in [-0.25, -0.2) is 8.42 Å². The highest BCUT2D eigenvalue weighted by Gasteiger charge is 2.16. The highest BCUT2D eigenvalue weighted by Crippen LogP contribution is 2.19. The van der Waals surface area contributed by atoms with Crippen LogP contribution >= 0.6 is 0 Å². The second-order valence-electron chi connectivity index (χ2n) is 4.46. The van der Waals surface area contributed by atoms with Crippen LogP contribution in [0.5, 0.6) is 0 Å². The molecule has 2 rings (SSSR count). The summed E-state index contributed by atoms with van der Waals surface area (Å²) in [5, 5.41) is 12.9. The van der Waals surface area contributed by atoms with Crippen molar-refractivity contribution < 1.29 is 12.9 Å². The van der Waals surface area contributed by atoms with Gasteiger partial charge in [-0.3, -0.25) is 9.73 Å². The van der Waals surface area contributed by atoms with Gasteiger partial charge in [0, 0.05) is 20.2 Å². The fourth-order valence-electron chi connectivity index (χ4n) is 1.44. The number of rotatable bonds is 5. The molecule has 0 fully saturated rings. The van der Waals surface area contributed by atoms with E-state index in [4.69, 9.17) is 4.52 Å². The van der Waals surface area contributed by atoms with Gasteiger partial charge >= 0.3 is 0 Å². The Morgan fingerprint density at radius 2 is 1.90 bits per heavy atom. The molecule has 0 aliphatic rings. The van der Waals surface area contributed by atoms with E-state index in [0.29, 0.717) is 11.4 Å². The maximum Gasteiger partial charge on any atom is 0.263 e. The third-order valence-corrected chi connectivity index (χ3v) is 3.72. The molecule has 0 unspecified atom stereocenters. The van der Waals surface area contributed by atoms with Crippen LogP contribution in [-0.2, 0) is 10.0 Å². The molecule has 0 amide bonds. The molecule has 112 valence electrons. The first-order valence-electron chi connectivity index (χ1n) is 6.02. The maximum absolute atomic E-state index is 12.1. The molecular formula is C12H15N5O3S. The van der Waals surface area contributed by atoms with Crippen molar-refractivity contribution >= 4 is 21.5 Å². The van der Waals surface area contributed by atoms with E-state index in [2.05, 4.69) is 20.2 Å². The van der Waals surface area contributed by atoms with E-state index < -0.39 is 10.0 Å². The van der Waals surface area contributed by atoms with Gasteiger partial charge in [-0.1, -0.05) is 10.4 Å². The molecule has 2 aromatic rings. The molecule has 9 heteroatoms. The maximum atomic E-state index is 12.1. The molecule has 0 atom stereocenters. The highest BCUT2D eigenvalue weighted by atomic mass is 32.2. The summed E-state index contributed by atoms with van der Waals surface area (Å²) in [5.74, 6) is 0.663. The number of nitrogens with one attached hydrogen (secondary N) is 1. The van der Waals surface area contributed by atoms with Crippen LogP contribution in [0, 0.1) is 6.92 Å². The standard InChI is InChI=1S/C12H15N5O3S/c1-9-8-12(14-20-9)15-21(18,19)11-6-4-10(5-7-11)13-16-17(2)3/h4-8H,1-3H3,(H,14,15). The molecule has 0 aliphatic carbocycles. The number of aromatic nitrogens is 1. The van der Waals surface area contributed by atoms with Crippen molar-refractivity contribution in [3.63, 3.8) is 0 Å². The lowest BCUT2D eigenvalue weighted by atomic mass is 10.3. The average molecular weight is 309 g/mol. The Morgan fingerprint density at radius 1 is 1.24 bits per heavy atom. The zero-order valence-electron chi connectivity index (χ0n) is 11.8. The summed E-state index contributed by atoms with van der Waals surface area (Å²) in [6.07, 6.45) is 0. The normalized spacial score (nSPS) is 11.8. The lowest BCUT2D eigenvalue weighted by molar-refractivity contribution is 0.400. The molecule has 21 heavy (non-hydrogen) atoms. The van der Waals surface area contributed by atoms with Crippen molar-refractivity contribution in [2.75, 3.05) is 18.8 Å². The number of anilines is 1. The minimum Gasteiger partial charge on any atom is -0.360 e. The summed E-state index contributed by atoms with van der Waals surface area (Å²) in [6, 6.07) is 7.51. The van der Waals surface area contributed by atoms with E-state index in [1.165, 1.54) is 18.2 Å². The third-order valence-electron chi connectivity index (χ3n) is 2.35. The van der Waals surface area contributed by atoms with Crippen LogP contribution in [0.15, 0.2) is 50.1 Å². The van der Waals surface area contributed by atoms with Crippen LogP contribution in [0.1, 0.15) is 5.76 Å². The highest BCUT2D eigenvalue weighted by molar-refractivity contribution is 7.92. The zero-order valence-corrected chi connectivity index (χ0v) is 12.6. The van der Waals surface area contributed by atoms with E-state index >= 15 is 0 Å².